The lowest BCUT2D eigenvalue weighted by Gasteiger charge is -2.62. The number of ether oxygens (including phenoxy) is 5. The third-order valence-corrected chi connectivity index (χ3v) is 20.5. The fourth-order valence-electron chi connectivity index (χ4n) is 17.6. The molecule has 58 heavy (non-hydrogen) atoms. The maximum Gasteiger partial charge on any atom is 0.160 e. The molecule has 1 N–H and O–H groups in total. The number of aliphatic hydroxyl groups excluding tert-OH is 1. The van der Waals surface area contributed by atoms with Crippen LogP contribution in [-0.4, -0.2) is 74.0 Å². The van der Waals surface area contributed by atoms with Gasteiger partial charge in [0.05, 0.1) is 38.6 Å². The zero-order chi connectivity index (χ0) is 40.5. The Morgan fingerprint density at radius 3 is 1.62 bits per heavy atom. The fraction of sp³-hybridized carbons (Fsp3) is 0.880. The average Bonchev–Trinajstić information content (AvgIpc) is 3.68. The Balaban J connectivity index is 0.000000141. The van der Waals surface area contributed by atoms with Crippen LogP contribution in [0.4, 0.5) is 0 Å². The van der Waals surface area contributed by atoms with Crippen LogP contribution in [0.3, 0.4) is 0 Å². The van der Waals surface area contributed by atoms with E-state index < -0.39 is 0 Å². The molecular formula is C50H74O8. The van der Waals surface area contributed by atoms with E-state index in [1.165, 1.54) is 62.5 Å². The number of aliphatic hydroxyl groups is 1. The summed E-state index contributed by atoms with van der Waals surface area (Å²) in [4.78, 5) is 24.4. The molecule has 6 saturated carbocycles. The predicted octanol–water partition coefficient (Wildman–Crippen LogP) is 8.88. The zero-order valence-corrected chi connectivity index (χ0v) is 36.7. The van der Waals surface area contributed by atoms with Gasteiger partial charge in [-0.1, -0.05) is 54.0 Å². The number of epoxide rings is 1. The van der Waals surface area contributed by atoms with Gasteiger partial charge in [0.2, 0.25) is 0 Å². The molecule has 8 heteroatoms. The van der Waals surface area contributed by atoms with E-state index in [9.17, 15) is 14.7 Å². The number of rotatable bonds is 5. The van der Waals surface area contributed by atoms with E-state index >= 15 is 0 Å². The number of carbonyl (C=O) groups excluding carboxylic acids is 2. The minimum absolute atomic E-state index is 0.00834. The van der Waals surface area contributed by atoms with Crippen molar-refractivity contribution < 1.29 is 38.4 Å². The topological polar surface area (TPSA) is 104 Å². The lowest BCUT2D eigenvalue weighted by atomic mass is 9.43. The van der Waals surface area contributed by atoms with E-state index in [2.05, 4.69) is 48.5 Å². The van der Waals surface area contributed by atoms with Gasteiger partial charge in [0.15, 0.2) is 24.1 Å². The Bertz CT molecular complexity index is 1690. The first-order chi connectivity index (χ1) is 27.7. The van der Waals surface area contributed by atoms with Gasteiger partial charge in [-0.05, 0) is 157 Å². The molecule has 0 aromatic rings. The van der Waals surface area contributed by atoms with Crippen molar-refractivity contribution in [1.29, 1.82) is 0 Å². The molecule has 8 nitrogen and oxygen atoms in total. The summed E-state index contributed by atoms with van der Waals surface area (Å²) < 4.78 is 29.9. The first kappa shape index (κ1) is 40.6. The van der Waals surface area contributed by atoms with E-state index in [1.54, 1.807) is 0 Å². The molecule has 11 aliphatic rings. The van der Waals surface area contributed by atoms with Gasteiger partial charge < -0.3 is 28.8 Å². The van der Waals surface area contributed by atoms with E-state index in [0.29, 0.717) is 77.0 Å². The minimum atomic E-state index is -0.317. The van der Waals surface area contributed by atoms with E-state index in [4.69, 9.17) is 23.7 Å². The van der Waals surface area contributed by atoms with Crippen molar-refractivity contribution in [3.63, 3.8) is 0 Å². The van der Waals surface area contributed by atoms with Crippen LogP contribution in [0.5, 0.6) is 0 Å². The summed E-state index contributed by atoms with van der Waals surface area (Å²) in [5.41, 5.74) is 3.50. The van der Waals surface area contributed by atoms with Gasteiger partial charge in [0, 0.05) is 30.6 Å². The molecule has 0 spiro atoms. The van der Waals surface area contributed by atoms with Gasteiger partial charge in [-0.3, -0.25) is 9.59 Å². The summed E-state index contributed by atoms with van der Waals surface area (Å²) in [5, 5.41) is 11.7. The molecule has 0 aromatic heterocycles. The van der Waals surface area contributed by atoms with Crippen LogP contribution in [0.25, 0.3) is 0 Å². The summed E-state index contributed by atoms with van der Waals surface area (Å²) in [7, 11) is 0. The standard InChI is InChI=1S/C26H40O4.C24H34O4/c1-5-17-21-14-16(27)8-10-26(21,4)20-9-11-25(3)18(15(2)24-29-12-13-30-24)6-7-19(25)22(20)23(17)28;1-13(22-26-10-11-27-22)15-4-5-16-19-17(7-9-23(15,16)2)24(3)8-6-14(25)12-18(24)20-21(19)28-20/h14-15,17-20,22-24,28H,5-13H2,1-4H3;12-13,15-17,19-22H,4-11H2,1-3H3/t15-,17-,18+,19?,20?,22?,23+,25+,26+;13-,15+,16?,17?,19?,20+,21-,23+,24+/m00/s1. The van der Waals surface area contributed by atoms with Crippen LogP contribution < -0.4 is 0 Å². The van der Waals surface area contributed by atoms with Crippen molar-refractivity contribution in [3.8, 4) is 0 Å². The van der Waals surface area contributed by atoms with Crippen molar-refractivity contribution in [2.24, 2.45) is 86.8 Å². The molecule has 8 aliphatic carbocycles. The second-order valence-electron chi connectivity index (χ2n) is 22.5. The smallest absolute Gasteiger partial charge is 0.160 e. The third-order valence-electron chi connectivity index (χ3n) is 20.5. The summed E-state index contributed by atoms with van der Waals surface area (Å²) in [6, 6.07) is 0. The monoisotopic (exact) mass is 803 g/mol. The van der Waals surface area contributed by atoms with E-state index in [0.717, 1.165) is 58.0 Å². The Morgan fingerprint density at radius 1 is 0.638 bits per heavy atom. The van der Waals surface area contributed by atoms with Crippen molar-refractivity contribution in [2.75, 3.05) is 26.4 Å². The van der Waals surface area contributed by atoms with Crippen molar-refractivity contribution in [3.05, 3.63) is 23.3 Å². The molecule has 3 heterocycles. The molecule has 18 atom stereocenters. The third kappa shape index (κ3) is 5.93. The van der Waals surface area contributed by atoms with Crippen molar-refractivity contribution in [2.45, 2.75) is 163 Å². The molecule has 3 saturated heterocycles. The highest BCUT2D eigenvalue weighted by Gasteiger charge is 2.70. The maximum absolute atomic E-state index is 12.3. The normalized spacial score (nSPS) is 51.7. The van der Waals surface area contributed by atoms with E-state index in [1.807, 2.05) is 12.2 Å². The van der Waals surface area contributed by atoms with Crippen LogP contribution >= 0.6 is 0 Å². The van der Waals surface area contributed by atoms with Gasteiger partial charge in [0.1, 0.15) is 6.10 Å². The summed E-state index contributed by atoms with van der Waals surface area (Å²) in [6.07, 6.45) is 18.4. The highest BCUT2D eigenvalue weighted by molar-refractivity contribution is 5.92. The molecule has 3 aliphatic heterocycles. The number of ketones is 2. The highest BCUT2D eigenvalue weighted by Crippen LogP contribution is 2.72. The average molecular weight is 803 g/mol. The van der Waals surface area contributed by atoms with Crippen LogP contribution in [0, 0.1) is 86.8 Å². The van der Waals surface area contributed by atoms with Crippen LogP contribution in [0.15, 0.2) is 23.3 Å². The number of carbonyl (C=O) groups is 2. The fourth-order valence-corrected chi connectivity index (χ4v) is 17.6. The zero-order valence-electron chi connectivity index (χ0n) is 36.7. The molecule has 6 unspecified atom stereocenters. The summed E-state index contributed by atoms with van der Waals surface area (Å²) in [5.74, 6) is 6.36. The summed E-state index contributed by atoms with van der Waals surface area (Å²) >= 11 is 0. The molecule has 322 valence electrons. The Kier molecular flexibility index (Phi) is 10.2. The molecule has 9 fully saturated rings. The molecule has 11 rings (SSSR count). The number of hydrogen-bond acceptors (Lipinski definition) is 8. The van der Waals surface area contributed by atoms with Gasteiger partial charge in [0.25, 0.3) is 0 Å². The lowest BCUT2D eigenvalue weighted by Crippen LogP contribution is -2.58. The lowest BCUT2D eigenvalue weighted by molar-refractivity contribution is -0.151. The molecule has 0 aromatic carbocycles. The number of fused-ring (bicyclic) bond motifs is 13. The van der Waals surface area contributed by atoms with Crippen LogP contribution in [0.1, 0.15) is 132 Å². The van der Waals surface area contributed by atoms with Crippen LogP contribution in [-0.2, 0) is 33.3 Å². The Labute approximate surface area is 348 Å². The van der Waals surface area contributed by atoms with Crippen molar-refractivity contribution in [1.82, 2.24) is 0 Å². The molecule has 0 amide bonds. The highest BCUT2D eigenvalue weighted by atomic mass is 16.7. The second kappa shape index (κ2) is 14.6. The molecular weight excluding hydrogens is 729 g/mol. The van der Waals surface area contributed by atoms with E-state index in [-0.39, 0.29) is 52.7 Å². The van der Waals surface area contributed by atoms with Crippen LogP contribution in [0.2, 0.25) is 0 Å². The van der Waals surface area contributed by atoms with Gasteiger partial charge in [-0.15, -0.1) is 0 Å². The first-order valence-electron chi connectivity index (χ1n) is 24.0. The SMILES string of the molecule is CC[C@H]1C2=CC(=O)CC[C@]2(C)C2CC[C@@]3(C)C(CC[C@@H]3[C@H](C)C3OCCO3)C2[C@@H]1O.C[C@H](C1OCCO1)[C@H]1CCC2C3C(CC[C@@]21C)[C@@]1(C)CCC(=O)C=C1[C@H]1O[C@@H]31. The Morgan fingerprint density at radius 2 is 1.10 bits per heavy atom. The molecule has 0 radical (unpaired) electrons. The first-order valence-corrected chi connectivity index (χ1v) is 24.0. The predicted molar refractivity (Wildman–Crippen MR) is 220 cm³/mol. The molecule has 0 bridgehead atoms. The van der Waals surface area contributed by atoms with Gasteiger partial charge in [-0.25, -0.2) is 0 Å². The Hall–Kier alpha value is -1.42. The minimum Gasteiger partial charge on any atom is -0.392 e. The second-order valence-corrected chi connectivity index (χ2v) is 22.5. The maximum atomic E-state index is 12.3. The van der Waals surface area contributed by atoms with Gasteiger partial charge in [-0.2, -0.15) is 0 Å². The van der Waals surface area contributed by atoms with Crippen molar-refractivity contribution >= 4 is 11.6 Å². The van der Waals surface area contributed by atoms with Gasteiger partial charge >= 0.3 is 0 Å². The number of hydrogen-bond donors (Lipinski definition) is 1. The quantitative estimate of drug-likeness (QED) is 0.275. The summed E-state index contributed by atoms with van der Waals surface area (Å²) in [6.45, 7) is 19.7. The largest absolute Gasteiger partial charge is 0.392 e.